The number of fused-ring (bicyclic) bond motifs is 1. The number of aromatic nitrogens is 2. The Bertz CT molecular complexity index is 814. The fraction of sp³-hybridized carbons (Fsp3) is 0.500. The number of amides is 2. The van der Waals surface area contributed by atoms with Crippen molar-refractivity contribution in [1.82, 2.24) is 19.6 Å². The van der Waals surface area contributed by atoms with Crippen molar-refractivity contribution in [2.24, 2.45) is 0 Å². The molecule has 2 aliphatic heterocycles. The molecule has 0 spiro atoms. The SMILES string of the molecule is CCC(C(=O)N1CCN(C(=O)c2cc3n(n2)CCCC3)CC1)c1ccccc1. The van der Waals surface area contributed by atoms with Gasteiger partial charge in [0, 0.05) is 38.4 Å². The lowest BCUT2D eigenvalue weighted by Crippen LogP contribution is -2.51. The summed E-state index contributed by atoms with van der Waals surface area (Å²) in [5.41, 5.74) is 2.78. The predicted molar refractivity (Wildman–Crippen MR) is 107 cm³/mol. The summed E-state index contributed by atoms with van der Waals surface area (Å²) in [4.78, 5) is 29.6. The zero-order valence-corrected chi connectivity index (χ0v) is 16.5. The minimum atomic E-state index is -0.108. The van der Waals surface area contributed by atoms with Gasteiger partial charge in [-0.05, 0) is 37.3 Å². The maximum Gasteiger partial charge on any atom is 0.274 e. The van der Waals surface area contributed by atoms with Crippen LogP contribution in [0, 0.1) is 0 Å². The lowest BCUT2D eigenvalue weighted by atomic mass is 9.95. The molecular formula is C22H28N4O2. The first-order chi connectivity index (χ1) is 13.7. The molecule has 0 aliphatic carbocycles. The molecule has 1 aromatic carbocycles. The molecule has 2 aromatic rings. The Hall–Kier alpha value is -2.63. The molecule has 2 amide bonds. The van der Waals surface area contributed by atoms with E-state index >= 15 is 0 Å². The molecule has 4 rings (SSSR count). The van der Waals surface area contributed by atoms with Crippen molar-refractivity contribution < 1.29 is 9.59 Å². The molecule has 0 saturated carbocycles. The van der Waals surface area contributed by atoms with Crippen LogP contribution in [-0.2, 0) is 17.8 Å². The third-order valence-corrected chi connectivity index (χ3v) is 5.92. The van der Waals surface area contributed by atoms with Crippen LogP contribution in [0.5, 0.6) is 0 Å². The maximum absolute atomic E-state index is 13.0. The second kappa shape index (κ2) is 8.17. The molecule has 28 heavy (non-hydrogen) atoms. The molecule has 0 radical (unpaired) electrons. The van der Waals surface area contributed by atoms with Crippen LogP contribution < -0.4 is 0 Å². The summed E-state index contributed by atoms with van der Waals surface area (Å²) in [6.07, 6.45) is 4.08. The van der Waals surface area contributed by atoms with Gasteiger partial charge in [0.05, 0.1) is 5.92 Å². The van der Waals surface area contributed by atoms with Gasteiger partial charge in [0.1, 0.15) is 0 Å². The highest BCUT2D eigenvalue weighted by molar-refractivity contribution is 5.92. The van der Waals surface area contributed by atoms with Crippen molar-refractivity contribution in [3.63, 3.8) is 0 Å². The highest BCUT2D eigenvalue weighted by atomic mass is 16.2. The van der Waals surface area contributed by atoms with Gasteiger partial charge in [-0.25, -0.2) is 0 Å². The van der Waals surface area contributed by atoms with Gasteiger partial charge in [0.25, 0.3) is 5.91 Å². The van der Waals surface area contributed by atoms with Crippen molar-refractivity contribution in [3.8, 4) is 0 Å². The lowest BCUT2D eigenvalue weighted by Gasteiger charge is -2.36. The quantitative estimate of drug-likeness (QED) is 0.819. The molecule has 0 N–H and O–H groups in total. The van der Waals surface area contributed by atoms with Crippen LogP contribution in [0.2, 0.25) is 0 Å². The van der Waals surface area contributed by atoms with E-state index in [0.717, 1.165) is 37.1 Å². The van der Waals surface area contributed by atoms with Crippen LogP contribution in [0.15, 0.2) is 36.4 Å². The topological polar surface area (TPSA) is 58.4 Å². The minimum Gasteiger partial charge on any atom is -0.339 e. The van der Waals surface area contributed by atoms with E-state index in [0.29, 0.717) is 31.9 Å². The third kappa shape index (κ3) is 3.68. The van der Waals surface area contributed by atoms with Crippen LogP contribution in [0.1, 0.15) is 53.8 Å². The fourth-order valence-electron chi connectivity index (χ4n) is 4.27. The van der Waals surface area contributed by atoms with Crippen LogP contribution in [0.25, 0.3) is 0 Å². The van der Waals surface area contributed by atoms with Crippen LogP contribution in [0.4, 0.5) is 0 Å². The van der Waals surface area contributed by atoms with Gasteiger partial charge >= 0.3 is 0 Å². The minimum absolute atomic E-state index is 0.0101. The number of nitrogens with zero attached hydrogens (tertiary/aromatic N) is 4. The average Bonchev–Trinajstić information content (AvgIpc) is 3.19. The highest BCUT2D eigenvalue weighted by Crippen LogP contribution is 2.23. The van der Waals surface area contributed by atoms with Crippen LogP contribution in [-0.4, -0.2) is 57.6 Å². The Labute approximate surface area is 166 Å². The molecule has 2 aliphatic rings. The van der Waals surface area contributed by atoms with Crippen molar-refractivity contribution >= 4 is 11.8 Å². The molecule has 6 heteroatoms. The molecule has 1 atom stereocenters. The molecule has 0 bridgehead atoms. The number of aryl methyl sites for hydroxylation is 2. The number of rotatable bonds is 4. The first-order valence-corrected chi connectivity index (χ1v) is 10.4. The van der Waals surface area contributed by atoms with E-state index in [1.54, 1.807) is 0 Å². The zero-order chi connectivity index (χ0) is 19.5. The highest BCUT2D eigenvalue weighted by Gasteiger charge is 2.30. The number of hydrogen-bond acceptors (Lipinski definition) is 3. The van der Waals surface area contributed by atoms with Gasteiger partial charge < -0.3 is 9.80 Å². The van der Waals surface area contributed by atoms with E-state index in [9.17, 15) is 9.59 Å². The Morgan fingerprint density at radius 3 is 2.39 bits per heavy atom. The van der Waals surface area contributed by atoms with Crippen molar-refractivity contribution in [2.45, 2.75) is 45.1 Å². The summed E-state index contributed by atoms with van der Waals surface area (Å²) in [6, 6.07) is 11.9. The Balaban J connectivity index is 1.38. The Morgan fingerprint density at radius 2 is 1.71 bits per heavy atom. The second-order valence-corrected chi connectivity index (χ2v) is 7.69. The summed E-state index contributed by atoms with van der Waals surface area (Å²) < 4.78 is 1.97. The number of carbonyl (C=O) groups excluding carboxylic acids is 2. The maximum atomic E-state index is 13.0. The summed E-state index contributed by atoms with van der Waals surface area (Å²) in [7, 11) is 0. The summed E-state index contributed by atoms with van der Waals surface area (Å²) in [5, 5.41) is 4.51. The monoisotopic (exact) mass is 380 g/mol. The number of piperazine rings is 1. The first kappa shape index (κ1) is 18.7. The molecule has 1 saturated heterocycles. The van der Waals surface area contributed by atoms with E-state index in [4.69, 9.17) is 0 Å². The zero-order valence-electron chi connectivity index (χ0n) is 16.5. The van der Waals surface area contributed by atoms with Gasteiger partial charge in [0.15, 0.2) is 5.69 Å². The molecule has 3 heterocycles. The lowest BCUT2D eigenvalue weighted by molar-refractivity contribution is -0.134. The van der Waals surface area contributed by atoms with Gasteiger partial charge in [-0.2, -0.15) is 5.10 Å². The molecule has 1 unspecified atom stereocenters. The molecule has 1 aromatic heterocycles. The molecule has 6 nitrogen and oxygen atoms in total. The number of carbonyl (C=O) groups is 2. The van der Waals surface area contributed by atoms with E-state index in [-0.39, 0.29) is 17.7 Å². The van der Waals surface area contributed by atoms with Crippen molar-refractivity contribution in [1.29, 1.82) is 0 Å². The third-order valence-electron chi connectivity index (χ3n) is 5.92. The van der Waals surface area contributed by atoms with Gasteiger partial charge in [0.2, 0.25) is 5.91 Å². The second-order valence-electron chi connectivity index (χ2n) is 7.69. The smallest absolute Gasteiger partial charge is 0.274 e. The summed E-state index contributed by atoms with van der Waals surface area (Å²) in [5.74, 6) is 0.0469. The molecular weight excluding hydrogens is 352 g/mol. The number of hydrogen-bond donors (Lipinski definition) is 0. The van der Waals surface area contributed by atoms with Crippen LogP contribution in [0.3, 0.4) is 0 Å². The fourth-order valence-corrected chi connectivity index (χ4v) is 4.27. The van der Waals surface area contributed by atoms with Gasteiger partial charge in [-0.3, -0.25) is 14.3 Å². The summed E-state index contributed by atoms with van der Waals surface area (Å²) >= 11 is 0. The normalized spacial score (nSPS) is 17.9. The molecule has 1 fully saturated rings. The Kier molecular flexibility index (Phi) is 5.46. The van der Waals surface area contributed by atoms with E-state index in [1.165, 1.54) is 6.42 Å². The number of benzene rings is 1. The summed E-state index contributed by atoms with van der Waals surface area (Å²) in [6.45, 7) is 5.26. The Morgan fingerprint density at radius 1 is 1.00 bits per heavy atom. The van der Waals surface area contributed by atoms with Gasteiger partial charge in [-0.15, -0.1) is 0 Å². The van der Waals surface area contributed by atoms with Crippen LogP contribution >= 0.6 is 0 Å². The van der Waals surface area contributed by atoms with Gasteiger partial charge in [-0.1, -0.05) is 37.3 Å². The average molecular weight is 380 g/mol. The largest absolute Gasteiger partial charge is 0.339 e. The predicted octanol–water partition coefficient (Wildman–Crippen LogP) is 2.70. The van der Waals surface area contributed by atoms with E-state index < -0.39 is 0 Å². The van der Waals surface area contributed by atoms with E-state index in [2.05, 4.69) is 12.0 Å². The van der Waals surface area contributed by atoms with Crippen molar-refractivity contribution in [3.05, 3.63) is 53.3 Å². The van der Waals surface area contributed by atoms with Crippen molar-refractivity contribution in [2.75, 3.05) is 26.2 Å². The molecule has 148 valence electrons. The standard InChI is InChI=1S/C22H28N4O2/c1-2-19(17-8-4-3-5-9-17)21(27)24-12-14-25(15-13-24)22(28)20-16-18-10-6-7-11-26(18)23-20/h3-5,8-9,16,19H,2,6-7,10-15H2,1H3. The van der Waals surface area contributed by atoms with E-state index in [1.807, 2.05) is 50.9 Å². The first-order valence-electron chi connectivity index (χ1n) is 10.4.